The van der Waals surface area contributed by atoms with Crippen molar-refractivity contribution in [3.8, 4) is 0 Å². The van der Waals surface area contributed by atoms with Crippen molar-refractivity contribution in [1.82, 2.24) is 14.5 Å². The van der Waals surface area contributed by atoms with Crippen molar-refractivity contribution in [3.05, 3.63) is 22.7 Å². The van der Waals surface area contributed by atoms with E-state index in [9.17, 15) is 0 Å². The fourth-order valence-electron chi connectivity index (χ4n) is 1.80. The first-order valence-electron chi connectivity index (χ1n) is 6.94. The van der Waals surface area contributed by atoms with E-state index < -0.39 is 8.32 Å². The summed E-state index contributed by atoms with van der Waals surface area (Å²) in [5, 5.41) is 1.57. The molecule has 0 aliphatic heterocycles. The Morgan fingerprint density at radius 1 is 1.24 bits per heavy atom. The van der Waals surface area contributed by atoms with E-state index in [0.717, 1.165) is 17.6 Å². The molecule has 0 fully saturated rings. The third kappa shape index (κ3) is 3.59. The lowest BCUT2D eigenvalue weighted by molar-refractivity contribution is 0.273. The molecule has 4 nitrogen and oxygen atoms in total. The molecular formula is C14H21Cl2N3OSi. The zero-order valence-electron chi connectivity index (χ0n) is 13.1. The normalized spacial score (nSPS) is 13.1. The third-order valence-corrected chi connectivity index (χ3v) is 9.14. The number of fused-ring (bicyclic) bond motifs is 1. The Labute approximate surface area is 136 Å². The summed E-state index contributed by atoms with van der Waals surface area (Å²) in [6.45, 7) is 12.6. The average molecular weight is 346 g/mol. The number of hydrogen-bond acceptors (Lipinski definition) is 3. The van der Waals surface area contributed by atoms with Gasteiger partial charge in [-0.2, -0.15) is 4.98 Å². The fraction of sp³-hybridized carbons (Fsp3) is 0.571. The third-order valence-electron chi connectivity index (χ3n) is 4.15. The van der Waals surface area contributed by atoms with Gasteiger partial charge >= 0.3 is 0 Å². The Balaban J connectivity index is 2.12. The van der Waals surface area contributed by atoms with Crippen LogP contribution in [0.1, 0.15) is 20.8 Å². The average Bonchev–Trinajstić information content (AvgIpc) is 2.71. The summed E-state index contributed by atoms with van der Waals surface area (Å²) in [5.74, 6) is 0. The van der Waals surface area contributed by atoms with Gasteiger partial charge in [0.15, 0.2) is 8.32 Å². The molecule has 2 rings (SSSR count). The summed E-state index contributed by atoms with van der Waals surface area (Å²) >= 11 is 11.9. The highest BCUT2D eigenvalue weighted by Gasteiger charge is 2.36. The molecule has 0 N–H and O–H groups in total. The summed E-state index contributed by atoms with van der Waals surface area (Å²) in [6.07, 6.45) is 1.94. The van der Waals surface area contributed by atoms with Gasteiger partial charge < -0.3 is 8.99 Å². The van der Waals surface area contributed by atoms with Crippen molar-refractivity contribution in [1.29, 1.82) is 0 Å². The van der Waals surface area contributed by atoms with Crippen LogP contribution in [0, 0.1) is 0 Å². The first-order valence-corrected chi connectivity index (χ1v) is 10.6. The second kappa shape index (κ2) is 5.87. The van der Waals surface area contributed by atoms with E-state index in [4.69, 9.17) is 27.6 Å². The van der Waals surface area contributed by atoms with Crippen LogP contribution < -0.4 is 0 Å². The van der Waals surface area contributed by atoms with Crippen LogP contribution >= 0.6 is 23.2 Å². The van der Waals surface area contributed by atoms with Gasteiger partial charge in [-0.1, -0.05) is 32.4 Å². The SMILES string of the molecule is CC(C)(C)[Si](C)(C)OCCn1ccc2c(Cl)nc(Cl)nc21. The van der Waals surface area contributed by atoms with Crippen LogP contribution in [0.4, 0.5) is 0 Å². The van der Waals surface area contributed by atoms with E-state index >= 15 is 0 Å². The molecule has 0 aromatic carbocycles. The molecule has 0 bridgehead atoms. The van der Waals surface area contributed by atoms with Crippen molar-refractivity contribution in [2.45, 2.75) is 45.4 Å². The van der Waals surface area contributed by atoms with Crippen molar-refractivity contribution >= 4 is 42.6 Å². The maximum absolute atomic E-state index is 6.19. The molecule has 0 spiro atoms. The molecule has 116 valence electrons. The molecular weight excluding hydrogens is 325 g/mol. The van der Waals surface area contributed by atoms with Crippen molar-refractivity contribution in [3.63, 3.8) is 0 Å². The van der Waals surface area contributed by atoms with Crippen LogP contribution in [0.5, 0.6) is 0 Å². The highest BCUT2D eigenvalue weighted by molar-refractivity contribution is 6.74. The monoisotopic (exact) mass is 345 g/mol. The first kappa shape index (κ1) is 16.7. The second-order valence-electron chi connectivity index (χ2n) is 6.64. The summed E-state index contributed by atoms with van der Waals surface area (Å²) in [7, 11) is -1.73. The second-order valence-corrected chi connectivity index (χ2v) is 12.1. The number of nitrogens with zero attached hydrogens (tertiary/aromatic N) is 3. The van der Waals surface area contributed by atoms with Gasteiger partial charge in [0.2, 0.25) is 5.28 Å². The van der Waals surface area contributed by atoms with E-state index in [0.29, 0.717) is 11.8 Å². The Bertz CT molecular complexity index is 649. The van der Waals surface area contributed by atoms with E-state index in [-0.39, 0.29) is 10.3 Å². The minimum atomic E-state index is -1.73. The van der Waals surface area contributed by atoms with Crippen LogP contribution in [0.3, 0.4) is 0 Å². The molecule has 2 aromatic rings. The Hall–Kier alpha value is -0.623. The lowest BCUT2D eigenvalue weighted by Crippen LogP contribution is -2.41. The summed E-state index contributed by atoms with van der Waals surface area (Å²) in [5.41, 5.74) is 0.749. The minimum absolute atomic E-state index is 0.165. The van der Waals surface area contributed by atoms with E-state index in [1.165, 1.54) is 0 Å². The van der Waals surface area contributed by atoms with Gasteiger partial charge in [-0.15, -0.1) is 0 Å². The van der Waals surface area contributed by atoms with Gasteiger partial charge in [0.25, 0.3) is 0 Å². The molecule has 0 aliphatic rings. The van der Waals surface area contributed by atoms with Gasteiger partial charge in [0.1, 0.15) is 10.8 Å². The predicted octanol–water partition coefficient (Wildman–Crippen LogP) is 4.76. The van der Waals surface area contributed by atoms with Gasteiger partial charge in [0.05, 0.1) is 12.0 Å². The molecule has 2 aromatic heterocycles. The van der Waals surface area contributed by atoms with E-state index in [1.807, 2.05) is 16.8 Å². The van der Waals surface area contributed by atoms with Crippen LogP contribution in [0.2, 0.25) is 28.6 Å². The van der Waals surface area contributed by atoms with Gasteiger partial charge in [-0.3, -0.25) is 0 Å². The zero-order valence-corrected chi connectivity index (χ0v) is 15.6. The van der Waals surface area contributed by atoms with Crippen LogP contribution in [0.25, 0.3) is 11.0 Å². The Morgan fingerprint density at radius 2 is 1.90 bits per heavy atom. The quantitative estimate of drug-likeness (QED) is 0.455. The number of rotatable bonds is 4. The largest absolute Gasteiger partial charge is 0.415 e. The smallest absolute Gasteiger partial charge is 0.225 e. The Kier molecular flexibility index (Phi) is 4.68. The fourth-order valence-corrected chi connectivity index (χ4v) is 3.27. The molecule has 0 radical (unpaired) electrons. The molecule has 0 unspecified atom stereocenters. The molecule has 21 heavy (non-hydrogen) atoms. The number of hydrogen-bond donors (Lipinski definition) is 0. The maximum atomic E-state index is 6.19. The highest BCUT2D eigenvalue weighted by atomic mass is 35.5. The molecule has 0 saturated heterocycles. The van der Waals surface area contributed by atoms with Crippen LogP contribution in [0.15, 0.2) is 12.3 Å². The standard InChI is InChI=1S/C14H21Cl2N3OSi/c1-14(2,3)21(4,5)20-9-8-19-7-6-10-11(15)17-13(16)18-12(10)19/h6-7H,8-9H2,1-5H3. The molecule has 0 aliphatic carbocycles. The van der Waals surface area contributed by atoms with E-state index in [2.05, 4.69) is 43.8 Å². The maximum Gasteiger partial charge on any atom is 0.225 e. The number of halogens is 2. The van der Waals surface area contributed by atoms with E-state index in [1.54, 1.807) is 0 Å². The molecule has 7 heteroatoms. The molecule has 0 saturated carbocycles. The van der Waals surface area contributed by atoms with Gasteiger partial charge in [0, 0.05) is 12.7 Å². The first-order chi connectivity index (χ1) is 9.62. The Morgan fingerprint density at radius 3 is 2.52 bits per heavy atom. The molecule has 0 amide bonds. The van der Waals surface area contributed by atoms with Gasteiger partial charge in [-0.05, 0) is 35.8 Å². The number of aromatic nitrogens is 3. The predicted molar refractivity (Wildman–Crippen MR) is 90.7 cm³/mol. The lowest BCUT2D eigenvalue weighted by atomic mass is 10.2. The van der Waals surface area contributed by atoms with Crippen LogP contribution in [-0.4, -0.2) is 29.5 Å². The summed E-state index contributed by atoms with van der Waals surface area (Å²) in [4.78, 5) is 8.20. The lowest BCUT2D eigenvalue weighted by Gasteiger charge is -2.36. The van der Waals surface area contributed by atoms with Crippen molar-refractivity contribution in [2.75, 3.05) is 6.61 Å². The summed E-state index contributed by atoms with van der Waals surface area (Å²) in [6, 6.07) is 1.90. The van der Waals surface area contributed by atoms with Crippen molar-refractivity contribution < 1.29 is 4.43 Å². The minimum Gasteiger partial charge on any atom is -0.415 e. The highest BCUT2D eigenvalue weighted by Crippen LogP contribution is 2.36. The molecule has 0 atom stereocenters. The van der Waals surface area contributed by atoms with Crippen LogP contribution in [-0.2, 0) is 11.0 Å². The zero-order chi connectivity index (χ0) is 15.8. The van der Waals surface area contributed by atoms with Gasteiger partial charge in [-0.25, -0.2) is 4.98 Å². The molecule has 2 heterocycles. The van der Waals surface area contributed by atoms with Crippen molar-refractivity contribution in [2.24, 2.45) is 0 Å². The summed E-state index contributed by atoms with van der Waals surface area (Å²) < 4.78 is 8.19. The topological polar surface area (TPSA) is 39.9 Å².